The third-order valence-corrected chi connectivity index (χ3v) is 2.87. The number of nitrogens with zero attached hydrogens (tertiary/aromatic N) is 1. The van der Waals surface area contributed by atoms with Crippen LogP contribution in [0.4, 0.5) is 10.5 Å². The Kier molecular flexibility index (Phi) is 4.97. The number of amides is 2. The average Bonchev–Trinajstić information content (AvgIpc) is 2.31. The van der Waals surface area contributed by atoms with Crippen molar-refractivity contribution < 1.29 is 4.79 Å². The molecule has 17 heavy (non-hydrogen) atoms. The second-order valence-electron chi connectivity index (χ2n) is 4.33. The molecule has 0 bridgehead atoms. The molecule has 1 atom stereocenters. The standard InChI is InChI=1S/C13H21N3O/c1-10-4-6-12(7-5-10)15-13(17)16(3)11(2)8-9-14/h4-7,11H,8-9,14H2,1-3H3,(H,15,17). The van der Waals surface area contributed by atoms with Gasteiger partial charge in [-0.25, -0.2) is 4.79 Å². The van der Waals surface area contributed by atoms with E-state index in [-0.39, 0.29) is 12.1 Å². The number of nitrogens with one attached hydrogen (secondary N) is 1. The smallest absolute Gasteiger partial charge is 0.321 e. The first-order chi connectivity index (χ1) is 8.04. The molecule has 0 aromatic heterocycles. The summed E-state index contributed by atoms with van der Waals surface area (Å²) in [5.41, 5.74) is 7.46. The highest BCUT2D eigenvalue weighted by molar-refractivity contribution is 5.89. The molecule has 2 amide bonds. The van der Waals surface area contributed by atoms with Crippen molar-refractivity contribution in [1.82, 2.24) is 4.90 Å². The molecule has 0 radical (unpaired) electrons. The molecule has 0 aliphatic carbocycles. The number of carbonyl (C=O) groups excluding carboxylic acids is 1. The lowest BCUT2D eigenvalue weighted by molar-refractivity contribution is 0.206. The Bertz CT molecular complexity index is 361. The topological polar surface area (TPSA) is 58.4 Å². The van der Waals surface area contributed by atoms with Gasteiger partial charge in [-0.15, -0.1) is 0 Å². The van der Waals surface area contributed by atoms with Crippen molar-refractivity contribution in [2.24, 2.45) is 5.73 Å². The first-order valence-electron chi connectivity index (χ1n) is 5.85. The van der Waals surface area contributed by atoms with Gasteiger partial charge < -0.3 is 16.0 Å². The van der Waals surface area contributed by atoms with Crippen LogP contribution in [0, 0.1) is 6.92 Å². The molecule has 1 aromatic rings. The number of hydrogen-bond donors (Lipinski definition) is 2. The fourth-order valence-electron chi connectivity index (χ4n) is 1.48. The number of anilines is 1. The number of benzene rings is 1. The van der Waals surface area contributed by atoms with E-state index in [1.807, 2.05) is 38.1 Å². The van der Waals surface area contributed by atoms with Crippen LogP contribution in [0.3, 0.4) is 0 Å². The van der Waals surface area contributed by atoms with Gasteiger partial charge in [-0.2, -0.15) is 0 Å². The number of rotatable bonds is 4. The van der Waals surface area contributed by atoms with Gasteiger partial charge in [0.1, 0.15) is 0 Å². The minimum absolute atomic E-state index is 0.102. The molecule has 1 rings (SSSR count). The number of aryl methyl sites for hydroxylation is 1. The van der Waals surface area contributed by atoms with Crippen molar-refractivity contribution in [2.75, 3.05) is 18.9 Å². The van der Waals surface area contributed by atoms with Gasteiger partial charge in [-0.05, 0) is 38.9 Å². The Balaban J connectivity index is 2.56. The molecule has 1 aromatic carbocycles. The van der Waals surface area contributed by atoms with Crippen molar-refractivity contribution in [3.05, 3.63) is 29.8 Å². The maximum Gasteiger partial charge on any atom is 0.321 e. The molecule has 1 unspecified atom stereocenters. The summed E-state index contributed by atoms with van der Waals surface area (Å²) in [5, 5.41) is 2.85. The lowest BCUT2D eigenvalue weighted by Gasteiger charge is -2.24. The molecule has 0 fully saturated rings. The highest BCUT2D eigenvalue weighted by Gasteiger charge is 2.14. The molecule has 4 heteroatoms. The Morgan fingerprint density at radius 3 is 2.53 bits per heavy atom. The number of carbonyl (C=O) groups is 1. The van der Waals surface area contributed by atoms with Crippen molar-refractivity contribution in [1.29, 1.82) is 0 Å². The van der Waals surface area contributed by atoms with Gasteiger partial charge in [0.05, 0.1) is 0 Å². The third-order valence-electron chi connectivity index (χ3n) is 2.87. The molecular weight excluding hydrogens is 214 g/mol. The summed E-state index contributed by atoms with van der Waals surface area (Å²) < 4.78 is 0. The summed E-state index contributed by atoms with van der Waals surface area (Å²) in [7, 11) is 1.78. The first-order valence-corrected chi connectivity index (χ1v) is 5.85. The van der Waals surface area contributed by atoms with Gasteiger partial charge in [-0.1, -0.05) is 17.7 Å². The van der Waals surface area contributed by atoms with Crippen LogP contribution in [0.15, 0.2) is 24.3 Å². The first kappa shape index (κ1) is 13.5. The summed E-state index contributed by atoms with van der Waals surface area (Å²) in [4.78, 5) is 13.6. The van der Waals surface area contributed by atoms with Crippen LogP contribution in [0.2, 0.25) is 0 Å². The normalized spacial score (nSPS) is 12.0. The molecule has 0 spiro atoms. The molecule has 94 valence electrons. The van der Waals surface area contributed by atoms with Crippen LogP contribution < -0.4 is 11.1 Å². The summed E-state index contributed by atoms with van der Waals surface area (Å²) in [6.45, 7) is 4.59. The Morgan fingerprint density at radius 1 is 1.41 bits per heavy atom. The van der Waals surface area contributed by atoms with Gasteiger partial charge in [0, 0.05) is 18.8 Å². The van der Waals surface area contributed by atoms with E-state index >= 15 is 0 Å². The van der Waals surface area contributed by atoms with E-state index in [2.05, 4.69) is 5.32 Å². The van der Waals surface area contributed by atoms with Crippen LogP contribution in [0.1, 0.15) is 18.9 Å². The second kappa shape index (κ2) is 6.25. The summed E-state index contributed by atoms with van der Waals surface area (Å²) in [6, 6.07) is 7.78. The van der Waals surface area contributed by atoms with Gasteiger partial charge in [0.2, 0.25) is 0 Å². The fourth-order valence-corrected chi connectivity index (χ4v) is 1.48. The molecule has 0 saturated carbocycles. The van der Waals surface area contributed by atoms with Crippen molar-refractivity contribution in [2.45, 2.75) is 26.3 Å². The molecule has 4 nitrogen and oxygen atoms in total. The molecular formula is C13H21N3O. The molecule has 0 aliphatic rings. The molecule has 0 saturated heterocycles. The second-order valence-corrected chi connectivity index (χ2v) is 4.33. The summed E-state index contributed by atoms with van der Waals surface area (Å²) in [6.07, 6.45) is 0.803. The van der Waals surface area contributed by atoms with Crippen LogP contribution in [0.25, 0.3) is 0 Å². The van der Waals surface area contributed by atoms with Gasteiger partial charge >= 0.3 is 6.03 Å². The van der Waals surface area contributed by atoms with E-state index in [4.69, 9.17) is 5.73 Å². The van der Waals surface area contributed by atoms with Gasteiger partial charge in [-0.3, -0.25) is 0 Å². The minimum Gasteiger partial charge on any atom is -0.330 e. The van der Waals surface area contributed by atoms with Crippen LogP contribution in [-0.4, -0.2) is 30.6 Å². The highest BCUT2D eigenvalue weighted by atomic mass is 16.2. The number of nitrogens with two attached hydrogens (primary N) is 1. The number of urea groups is 1. The highest BCUT2D eigenvalue weighted by Crippen LogP contribution is 2.10. The van der Waals surface area contributed by atoms with Crippen LogP contribution in [0.5, 0.6) is 0 Å². The zero-order chi connectivity index (χ0) is 12.8. The Labute approximate surface area is 103 Å². The zero-order valence-electron chi connectivity index (χ0n) is 10.7. The van der Waals surface area contributed by atoms with Gasteiger partial charge in [0.25, 0.3) is 0 Å². The van der Waals surface area contributed by atoms with E-state index in [9.17, 15) is 4.79 Å². The van der Waals surface area contributed by atoms with E-state index < -0.39 is 0 Å². The maximum absolute atomic E-state index is 11.9. The van der Waals surface area contributed by atoms with E-state index in [1.54, 1.807) is 11.9 Å². The lowest BCUT2D eigenvalue weighted by atomic mass is 10.2. The van der Waals surface area contributed by atoms with E-state index in [0.29, 0.717) is 6.54 Å². The lowest BCUT2D eigenvalue weighted by Crippen LogP contribution is -2.39. The van der Waals surface area contributed by atoms with E-state index in [0.717, 1.165) is 12.1 Å². The largest absolute Gasteiger partial charge is 0.330 e. The van der Waals surface area contributed by atoms with Crippen LogP contribution in [-0.2, 0) is 0 Å². The van der Waals surface area contributed by atoms with Crippen molar-refractivity contribution in [3.8, 4) is 0 Å². The monoisotopic (exact) mass is 235 g/mol. The summed E-state index contributed by atoms with van der Waals surface area (Å²) >= 11 is 0. The van der Waals surface area contributed by atoms with E-state index in [1.165, 1.54) is 5.56 Å². The summed E-state index contributed by atoms with van der Waals surface area (Å²) in [5.74, 6) is 0. The molecule has 0 heterocycles. The predicted molar refractivity (Wildman–Crippen MR) is 71.1 cm³/mol. The minimum atomic E-state index is -0.102. The quantitative estimate of drug-likeness (QED) is 0.840. The molecule has 3 N–H and O–H groups in total. The van der Waals surface area contributed by atoms with Crippen molar-refractivity contribution >= 4 is 11.7 Å². The average molecular weight is 235 g/mol. The Hall–Kier alpha value is -1.55. The van der Waals surface area contributed by atoms with Gasteiger partial charge in [0.15, 0.2) is 0 Å². The molecule has 0 aliphatic heterocycles. The maximum atomic E-state index is 11.9. The third kappa shape index (κ3) is 4.07. The van der Waals surface area contributed by atoms with Crippen LogP contribution >= 0.6 is 0 Å². The number of hydrogen-bond acceptors (Lipinski definition) is 2. The Morgan fingerprint density at radius 2 is 2.00 bits per heavy atom. The SMILES string of the molecule is Cc1ccc(NC(=O)N(C)C(C)CCN)cc1. The fraction of sp³-hybridized carbons (Fsp3) is 0.462. The predicted octanol–water partition coefficient (Wildman–Crippen LogP) is 2.20. The van der Waals surface area contributed by atoms with Crippen molar-refractivity contribution in [3.63, 3.8) is 0 Å². The zero-order valence-corrected chi connectivity index (χ0v) is 10.7.